The van der Waals surface area contributed by atoms with Gasteiger partial charge in [-0.3, -0.25) is 9.52 Å². The minimum absolute atomic E-state index is 0.0590. The SMILES string of the molecule is O=C1CSc2ccc(NS(=O)(=O)CCC3CC3)cc2N1. The molecule has 3 rings (SSSR count). The molecular formula is C13H16N2O3S2. The molecule has 0 saturated heterocycles. The van der Waals surface area contributed by atoms with Gasteiger partial charge in [0.1, 0.15) is 0 Å². The van der Waals surface area contributed by atoms with E-state index < -0.39 is 10.0 Å². The maximum atomic E-state index is 12.0. The monoisotopic (exact) mass is 312 g/mol. The summed E-state index contributed by atoms with van der Waals surface area (Å²) in [7, 11) is -3.30. The van der Waals surface area contributed by atoms with E-state index in [0.717, 1.165) is 24.2 Å². The Morgan fingerprint density at radius 2 is 2.15 bits per heavy atom. The third kappa shape index (κ3) is 3.46. The smallest absolute Gasteiger partial charge is 0.234 e. The van der Waals surface area contributed by atoms with Crippen molar-refractivity contribution in [2.75, 3.05) is 21.5 Å². The van der Waals surface area contributed by atoms with E-state index in [2.05, 4.69) is 10.0 Å². The average molecular weight is 312 g/mol. The molecule has 1 aromatic carbocycles. The second kappa shape index (κ2) is 5.29. The number of hydrogen-bond donors (Lipinski definition) is 2. The van der Waals surface area contributed by atoms with E-state index in [9.17, 15) is 13.2 Å². The van der Waals surface area contributed by atoms with Crippen LogP contribution in [0.2, 0.25) is 0 Å². The second-order valence-electron chi connectivity index (χ2n) is 5.20. The zero-order valence-corrected chi connectivity index (χ0v) is 12.5. The maximum Gasteiger partial charge on any atom is 0.234 e. The standard InChI is InChI=1S/C13H16N2O3S2/c16-13-8-19-12-4-3-10(7-11(12)14-13)15-20(17,18)6-5-9-1-2-9/h3-4,7,9,15H,1-2,5-6,8H2,(H,14,16). The molecule has 2 N–H and O–H groups in total. The Hall–Kier alpha value is -1.21. The predicted octanol–water partition coefficient (Wildman–Crippen LogP) is 2.27. The van der Waals surface area contributed by atoms with Crippen molar-refractivity contribution in [1.29, 1.82) is 0 Å². The number of carbonyl (C=O) groups excluding carboxylic acids is 1. The Labute approximate surface area is 122 Å². The van der Waals surface area contributed by atoms with Gasteiger partial charge in [0, 0.05) is 4.90 Å². The van der Waals surface area contributed by atoms with Gasteiger partial charge in [-0.05, 0) is 30.5 Å². The predicted molar refractivity (Wildman–Crippen MR) is 80.5 cm³/mol. The highest BCUT2D eigenvalue weighted by molar-refractivity contribution is 8.00. The van der Waals surface area contributed by atoms with Crippen molar-refractivity contribution in [3.05, 3.63) is 18.2 Å². The molecule has 1 aromatic rings. The highest BCUT2D eigenvalue weighted by atomic mass is 32.2. The Morgan fingerprint density at radius 3 is 2.90 bits per heavy atom. The first kappa shape index (κ1) is 13.8. The van der Waals surface area contributed by atoms with Crippen molar-refractivity contribution >= 4 is 39.1 Å². The summed E-state index contributed by atoms with van der Waals surface area (Å²) in [6.07, 6.45) is 3.03. The fourth-order valence-electron chi connectivity index (χ4n) is 2.11. The third-order valence-electron chi connectivity index (χ3n) is 3.38. The van der Waals surface area contributed by atoms with Gasteiger partial charge < -0.3 is 5.32 Å². The first-order chi connectivity index (χ1) is 9.52. The molecule has 1 fully saturated rings. The molecule has 1 aliphatic heterocycles. The lowest BCUT2D eigenvalue weighted by molar-refractivity contribution is -0.113. The van der Waals surface area contributed by atoms with Crippen LogP contribution in [0.4, 0.5) is 11.4 Å². The van der Waals surface area contributed by atoms with Gasteiger partial charge >= 0.3 is 0 Å². The molecule has 0 aromatic heterocycles. The van der Waals surface area contributed by atoms with E-state index in [-0.39, 0.29) is 11.7 Å². The molecular weight excluding hydrogens is 296 g/mol. The maximum absolute atomic E-state index is 12.0. The van der Waals surface area contributed by atoms with Gasteiger partial charge in [-0.1, -0.05) is 12.8 Å². The number of carbonyl (C=O) groups is 1. The van der Waals surface area contributed by atoms with Crippen molar-refractivity contribution in [3.63, 3.8) is 0 Å². The van der Waals surface area contributed by atoms with Crippen LogP contribution in [-0.2, 0) is 14.8 Å². The molecule has 0 spiro atoms. The zero-order valence-electron chi connectivity index (χ0n) is 10.9. The lowest BCUT2D eigenvalue weighted by Gasteiger charge is -2.17. The van der Waals surface area contributed by atoms with Crippen molar-refractivity contribution < 1.29 is 13.2 Å². The number of rotatable bonds is 5. The third-order valence-corrected chi connectivity index (χ3v) is 5.77. The number of amides is 1. The van der Waals surface area contributed by atoms with Crippen LogP contribution in [0.1, 0.15) is 19.3 Å². The van der Waals surface area contributed by atoms with Gasteiger partial charge in [0.25, 0.3) is 0 Å². The molecule has 0 bridgehead atoms. The summed E-state index contributed by atoms with van der Waals surface area (Å²) in [5.41, 5.74) is 1.18. The Bertz CT molecular complexity index is 639. The van der Waals surface area contributed by atoms with Gasteiger partial charge in [0.2, 0.25) is 15.9 Å². The van der Waals surface area contributed by atoms with Crippen molar-refractivity contribution in [1.82, 2.24) is 0 Å². The van der Waals surface area contributed by atoms with Crippen LogP contribution in [-0.4, -0.2) is 25.8 Å². The van der Waals surface area contributed by atoms with E-state index in [1.54, 1.807) is 12.1 Å². The summed E-state index contributed by atoms with van der Waals surface area (Å²) < 4.78 is 26.5. The van der Waals surface area contributed by atoms with Crippen molar-refractivity contribution in [3.8, 4) is 0 Å². The highest BCUT2D eigenvalue weighted by Gasteiger charge is 2.24. The first-order valence-corrected chi connectivity index (χ1v) is 9.23. The second-order valence-corrected chi connectivity index (χ2v) is 8.06. The van der Waals surface area contributed by atoms with Crippen LogP contribution in [0.3, 0.4) is 0 Å². The minimum Gasteiger partial charge on any atom is -0.324 e. The summed E-state index contributed by atoms with van der Waals surface area (Å²) in [5, 5.41) is 2.75. The fraction of sp³-hybridized carbons (Fsp3) is 0.462. The molecule has 0 atom stereocenters. The van der Waals surface area contributed by atoms with Gasteiger partial charge in [-0.2, -0.15) is 0 Å². The molecule has 20 heavy (non-hydrogen) atoms. The molecule has 1 amide bonds. The van der Waals surface area contributed by atoms with Crippen LogP contribution in [0.5, 0.6) is 0 Å². The lowest BCUT2D eigenvalue weighted by Crippen LogP contribution is -2.20. The van der Waals surface area contributed by atoms with E-state index in [1.807, 2.05) is 6.07 Å². The van der Waals surface area contributed by atoms with Crippen LogP contribution >= 0.6 is 11.8 Å². The van der Waals surface area contributed by atoms with Gasteiger partial charge in [0.15, 0.2) is 0 Å². The minimum atomic E-state index is -3.30. The number of fused-ring (bicyclic) bond motifs is 1. The fourth-order valence-corrected chi connectivity index (χ4v) is 4.13. The molecule has 0 radical (unpaired) electrons. The average Bonchev–Trinajstić information content (AvgIpc) is 3.19. The van der Waals surface area contributed by atoms with Gasteiger partial charge in [0.05, 0.1) is 22.9 Å². The van der Waals surface area contributed by atoms with Crippen molar-refractivity contribution in [2.24, 2.45) is 5.92 Å². The molecule has 7 heteroatoms. The first-order valence-electron chi connectivity index (χ1n) is 6.59. The van der Waals surface area contributed by atoms with E-state index in [4.69, 9.17) is 0 Å². The van der Waals surface area contributed by atoms with Crippen molar-refractivity contribution in [2.45, 2.75) is 24.2 Å². The number of thioether (sulfide) groups is 1. The molecule has 1 aliphatic carbocycles. The van der Waals surface area contributed by atoms with Gasteiger partial charge in [-0.25, -0.2) is 8.42 Å². The zero-order chi connectivity index (χ0) is 14.2. The summed E-state index contributed by atoms with van der Waals surface area (Å²) in [5.74, 6) is 1.09. The normalized spacial score (nSPS) is 18.3. The number of anilines is 2. The lowest BCUT2D eigenvalue weighted by atomic mass is 10.3. The summed E-state index contributed by atoms with van der Waals surface area (Å²) >= 11 is 1.46. The van der Waals surface area contributed by atoms with E-state index >= 15 is 0 Å². The van der Waals surface area contributed by atoms with Gasteiger partial charge in [-0.15, -0.1) is 11.8 Å². The summed E-state index contributed by atoms with van der Waals surface area (Å²) in [4.78, 5) is 12.3. The number of benzene rings is 1. The largest absolute Gasteiger partial charge is 0.324 e. The number of sulfonamides is 1. The van der Waals surface area contributed by atoms with E-state index in [0.29, 0.717) is 23.0 Å². The topological polar surface area (TPSA) is 75.3 Å². The van der Waals surface area contributed by atoms with Crippen LogP contribution < -0.4 is 10.0 Å². The molecule has 5 nitrogen and oxygen atoms in total. The van der Waals surface area contributed by atoms with Crippen LogP contribution in [0.25, 0.3) is 0 Å². The molecule has 2 aliphatic rings. The molecule has 1 saturated carbocycles. The summed E-state index contributed by atoms with van der Waals surface area (Å²) in [6, 6.07) is 5.24. The van der Waals surface area contributed by atoms with Crippen LogP contribution in [0.15, 0.2) is 23.1 Å². The number of nitrogens with one attached hydrogen (secondary N) is 2. The molecule has 0 unspecified atom stereocenters. The summed E-state index contributed by atoms with van der Waals surface area (Å²) in [6.45, 7) is 0. The number of hydrogen-bond acceptors (Lipinski definition) is 4. The Kier molecular flexibility index (Phi) is 3.64. The van der Waals surface area contributed by atoms with Crippen LogP contribution in [0, 0.1) is 5.92 Å². The molecule has 108 valence electrons. The quantitative estimate of drug-likeness (QED) is 0.874. The highest BCUT2D eigenvalue weighted by Crippen LogP contribution is 2.34. The Balaban J connectivity index is 1.70. The Morgan fingerprint density at radius 1 is 1.35 bits per heavy atom. The van der Waals surface area contributed by atoms with E-state index in [1.165, 1.54) is 11.8 Å². The molecule has 1 heterocycles.